The van der Waals surface area contributed by atoms with Gasteiger partial charge in [0, 0.05) is 0 Å². The minimum absolute atomic E-state index is 0.0847. The molecule has 0 amide bonds. The first-order valence-corrected chi connectivity index (χ1v) is 28.4. The third-order valence-electron chi connectivity index (χ3n) is 9.40. The maximum absolute atomic E-state index is 13.0. The summed E-state index contributed by atoms with van der Waals surface area (Å²) in [5.41, 5.74) is 0. The Kier molecular flexibility index (Phi) is 38.1. The number of rotatable bonds is 39. The molecule has 13 heteroatoms. The fourth-order valence-electron chi connectivity index (χ4n) is 5.95. The summed E-state index contributed by atoms with van der Waals surface area (Å²) in [6.45, 7) is 8.97. The second-order valence-electron chi connectivity index (χ2n) is 15.0. The first-order valence-electron chi connectivity index (χ1n) is 22.8. The molecule has 12 nitrogen and oxygen atoms in total. The Morgan fingerprint density at radius 2 is 0.525 bits per heavy atom. The van der Waals surface area contributed by atoms with Crippen LogP contribution in [0.1, 0.15) is 195 Å². The van der Waals surface area contributed by atoms with E-state index < -0.39 is 55.4 Å². The molecule has 0 spiro atoms. The molecule has 59 heavy (non-hydrogen) atoms. The molecule has 0 N–H and O–H groups in total. The van der Waals surface area contributed by atoms with Gasteiger partial charge in [0.2, 0.25) is 0 Å². The van der Waals surface area contributed by atoms with Gasteiger partial charge in [-0.2, -0.15) is 0 Å². The molecule has 0 fully saturated rings. The van der Waals surface area contributed by atoms with Crippen LogP contribution >= 0.6 is 0 Å². The van der Waals surface area contributed by atoms with E-state index in [1.807, 2.05) is 6.92 Å². The molecule has 338 valence electrons. The Bertz CT molecular complexity index is 1090. The molecule has 0 rings (SSSR count). The van der Waals surface area contributed by atoms with Gasteiger partial charge in [-0.05, 0) is 0 Å². The van der Waals surface area contributed by atoms with E-state index in [2.05, 4.69) is 20.8 Å². The normalized spacial score (nSPS) is 12.4. The van der Waals surface area contributed by atoms with Crippen molar-refractivity contribution in [3.63, 3.8) is 0 Å². The number of hydrogen-bond donors (Lipinski definition) is 0. The van der Waals surface area contributed by atoms with E-state index in [4.69, 9.17) is 23.4 Å². The minimum Gasteiger partial charge on any atom is -0.0654 e. The summed E-state index contributed by atoms with van der Waals surface area (Å²) in [6.07, 6.45) is 32.1. The molecule has 0 unspecified atom stereocenters. The summed E-state index contributed by atoms with van der Waals surface area (Å²) in [5, 5.41) is 0. The van der Waals surface area contributed by atoms with Gasteiger partial charge in [-0.15, -0.1) is 0 Å². The van der Waals surface area contributed by atoms with Crippen molar-refractivity contribution in [1.29, 1.82) is 0 Å². The molecule has 0 aliphatic rings. The number of unbranched alkanes of at least 4 members (excludes halogenated alkanes) is 22. The third kappa shape index (κ3) is 36.4. The molecule has 0 aliphatic carbocycles. The fourth-order valence-corrected chi connectivity index (χ4v) is 12.6. The van der Waals surface area contributed by atoms with E-state index in [-0.39, 0.29) is 24.3 Å². The molecule has 0 saturated heterocycles. The van der Waals surface area contributed by atoms with Crippen LogP contribution < -0.4 is 0 Å². The predicted octanol–water partition coefficient (Wildman–Crippen LogP) is 11.1. The molecule has 0 aliphatic heterocycles. The molecule has 0 bridgehead atoms. The zero-order valence-corrected chi connectivity index (χ0v) is 39.9. The van der Waals surface area contributed by atoms with Crippen LogP contribution in [0.4, 0.5) is 0 Å². The van der Waals surface area contributed by atoms with Gasteiger partial charge in [0.15, 0.2) is 0 Å². The van der Waals surface area contributed by atoms with Crippen molar-refractivity contribution < 1.29 is 52.2 Å². The van der Waals surface area contributed by atoms with Crippen LogP contribution in [0.25, 0.3) is 0 Å². The summed E-state index contributed by atoms with van der Waals surface area (Å²) >= 11 is -5.53. The minimum atomic E-state index is -5.53. The summed E-state index contributed by atoms with van der Waals surface area (Å²) in [6, 6.07) is 0. The van der Waals surface area contributed by atoms with E-state index in [1.165, 1.54) is 77.0 Å². The van der Waals surface area contributed by atoms with Gasteiger partial charge in [0.1, 0.15) is 0 Å². The number of esters is 3. The van der Waals surface area contributed by atoms with Gasteiger partial charge < -0.3 is 0 Å². The van der Waals surface area contributed by atoms with Crippen LogP contribution in [-0.4, -0.2) is 75.3 Å². The van der Waals surface area contributed by atoms with Crippen LogP contribution in [0, 0.1) is 0 Å². The van der Waals surface area contributed by atoms with Crippen LogP contribution in [0.2, 0.25) is 4.44 Å². The maximum atomic E-state index is 13.0. The summed E-state index contributed by atoms with van der Waals surface area (Å²) in [7, 11) is 0. The van der Waals surface area contributed by atoms with Gasteiger partial charge in [-0.25, -0.2) is 0 Å². The van der Waals surface area contributed by atoms with Gasteiger partial charge >= 0.3 is 284 Å². The summed E-state index contributed by atoms with van der Waals surface area (Å²) in [4.78, 5) is 76.1. The van der Waals surface area contributed by atoms with Crippen LogP contribution in [0.15, 0.2) is 36.5 Å². The Morgan fingerprint density at radius 3 is 0.780 bits per heavy atom. The zero-order chi connectivity index (χ0) is 43.7. The van der Waals surface area contributed by atoms with E-state index in [0.717, 1.165) is 94.2 Å². The number of carbonyl (C=O) groups excluding carboxylic acids is 6. The second kappa shape index (κ2) is 40.3. The van der Waals surface area contributed by atoms with Crippen molar-refractivity contribution >= 4 is 55.4 Å². The van der Waals surface area contributed by atoms with Gasteiger partial charge in [-0.1, -0.05) is 78.6 Å². The van der Waals surface area contributed by atoms with Gasteiger partial charge in [0.05, 0.1) is 0 Å². The Hall–Kier alpha value is -3.16. The molecule has 0 aromatic heterocycles. The summed E-state index contributed by atoms with van der Waals surface area (Å²) in [5.74, 6) is -5.50. The van der Waals surface area contributed by atoms with Crippen molar-refractivity contribution in [2.45, 2.75) is 199 Å². The van der Waals surface area contributed by atoms with E-state index in [9.17, 15) is 28.8 Å². The molecule has 0 heterocycles. The van der Waals surface area contributed by atoms with Crippen LogP contribution in [-0.2, 0) is 52.2 Å². The van der Waals surface area contributed by atoms with E-state index in [0.29, 0.717) is 32.1 Å². The fraction of sp³-hybridized carbons (Fsp3) is 0.739. The van der Waals surface area contributed by atoms with E-state index in [1.54, 1.807) is 0 Å². The average molecular weight is 942 g/mol. The van der Waals surface area contributed by atoms with Crippen molar-refractivity contribution in [2.75, 3.05) is 19.8 Å². The van der Waals surface area contributed by atoms with Crippen LogP contribution in [0.3, 0.4) is 0 Å². The first kappa shape index (κ1) is 55.8. The van der Waals surface area contributed by atoms with Crippen LogP contribution in [0.5, 0.6) is 0 Å². The quantitative estimate of drug-likeness (QED) is 0.0189. The molecule has 0 aromatic carbocycles. The van der Waals surface area contributed by atoms with Crippen molar-refractivity contribution in [1.82, 2.24) is 0 Å². The third-order valence-corrected chi connectivity index (χ3v) is 16.5. The topological polar surface area (TPSA) is 158 Å². The number of hydrogen-bond acceptors (Lipinski definition) is 12. The zero-order valence-electron chi connectivity index (χ0n) is 37.1. The SMILES string of the molecule is CCCCCCCCCCOC(=O)C=CC(=O)[O][Sn]([CH2]CCC)([O]C(=O)C=CC(=O)OCCCCCCCCCC)[O]C(=O)C=CC(=O)OCCCCCCCCCC. The van der Waals surface area contributed by atoms with Gasteiger partial charge in [-0.3, -0.25) is 0 Å². The predicted molar refractivity (Wildman–Crippen MR) is 232 cm³/mol. The van der Waals surface area contributed by atoms with E-state index >= 15 is 0 Å². The molecular formula is C46H78O12Sn. The monoisotopic (exact) mass is 942 g/mol. The van der Waals surface area contributed by atoms with Gasteiger partial charge in [0.25, 0.3) is 0 Å². The molecular weight excluding hydrogens is 863 g/mol. The number of ether oxygens (including phenoxy) is 3. The average Bonchev–Trinajstić information content (AvgIpc) is 3.21. The summed E-state index contributed by atoms with van der Waals surface area (Å²) < 4.78 is 32.3. The standard InChI is InChI=1S/3C14H24O4.C4H9.Sn/c3*1-2-3-4-5-6-7-8-9-12-18-14(17)11-10-13(15)16;1-3-4-2;/h3*10-11H,2-9,12H2,1H3,(H,15,16);1,3-4H2,2H3;/q;;;;+3/p-3. The Labute approximate surface area is 361 Å². The first-order chi connectivity index (χ1) is 28.6. The smallest absolute Gasteiger partial charge is 0.0654 e. The molecule has 0 saturated carbocycles. The van der Waals surface area contributed by atoms with Crippen molar-refractivity contribution in [2.24, 2.45) is 0 Å². The Balaban J connectivity index is 5.46. The molecule has 0 aromatic rings. The van der Waals surface area contributed by atoms with Crippen molar-refractivity contribution in [3.05, 3.63) is 36.5 Å². The second-order valence-corrected chi connectivity index (χ2v) is 22.1. The van der Waals surface area contributed by atoms with Crippen molar-refractivity contribution in [3.8, 4) is 0 Å². The Morgan fingerprint density at radius 1 is 0.305 bits per heavy atom. The molecule has 0 atom stereocenters. The number of carbonyl (C=O) groups is 6. The molecule has 0 radical (unpaired) electrons.